The summed E-state index contributed by atoms with van der Waals surface area (Å²) in [6.07, 6.45) is 1.62. The van der Waals surface area contributed by atoms with Crippen LogP contribution in [0.5, 0.6) is 0 Å². The minimum absolute atomic E-state index is 0.182. The van der Waals surface area contributed by atoms with Crippen LogP contribution < -0.4 is 5.56 Å². The average molecular weight is 290 g/mol. The molecular weight excluding hydrogens is 282 g/mol. The average Bonchev–Trinajstić information content (AvgIpc) is 2.94. The Morgan fingerprint density at radius 3 is 2.58 bits per heavy atom. The zero-order valence-corrected chi connectivity index (χ0v) is 11.2. The van der Waals surface area contributed by atoms with Gasteiger partial charge in [0.15, 0.2) is 0 Å². The summed E-state index contributed by atoms with van der Waals surface area (Å²) in [5.41, 5.74) is 2.10. The van der Waals surface area contributed by atoms with Gasteiger partial charge in [-0.15, -0.1) is 0 Å². The lowest BCUT2D eigenvalue weighted by Gasteiger charge is -2.05. The van der Waals surface area contributed by atoms with Crippen molar-refractivity contribution in [1.82, 2.24) is 14.2 Å². The molecule has 0 spiro atoms. The van der Waals surface area contributed by atoms with Gasteiger partial charge in [0, 0.05) is 22.0 Å². The van der Waals surface area contributed by atoms with E-state index in [0.29, 0.717) is 16.4 Å². The number of nitrogens with zero attached hydrogens (tertiary/aromatic N) is 3. The molecule has 0 fully saturated rings. The Morgan fingerprint density at radius 1 is 1.11 bits per heavy atom. The van der Waals surface area contributed by atoms with Crippen molar-refractivity contribution in [2.45, 2.75) is 0 Å². The van der Waals surface area contributed by atoms with E-state index in [1.807, 2.05) is 12.1 Å². The Morgan fingerprint density at radius 2 is 1.89 bits per heavy atom. The van der Waals surface area contributed by atoms with Gasteiger partial charge in [-0.05, 0) is 29.7 Å². The lowest BCUT2D eigenvalue weighted by molar-refractivity contribution is 0.814. The molecule has 2 heterocycles. The van der Waals surface area contributed by atoms with E-state index in [4.69, 9.17) is 11.6 Å². The van der Waals surface area contributed by atoms with E-state index < -0.39 is 0 Å². The molecule has 0 bridgehead atoms. The number of hydrogen-bond donors (Lipinski definition) is 0. The number of aromatic nitrogens is 3. The zero-order chi connectivity index (χ0) is 13.2. The SMILES string of the molecule is O=c1ccc(-c2ccc(Cl)cc2)nn1-c1cnsc1. The first kappa shape index (κ1) is 12.1. The Kier molecular flexibility index (Phi) is 3.15. The molecule has 0 aliphatic carbocycles. The van der Waals surface area contributed by atoms with Crippen molar-refractivity contribution in [1.29, 1.82) is 0 Å². The summed E-state index contributed by atoms with van der Waals surface area (Å²) in [4.78, 5) is 11.8. The van der Waals surface area contributed by atoms with Crippen LogP contribution in [0.15, 0.2) is 52.8 Å². The van der Waals surface area contributed by atoms with Crippen LogP contribution in [0.4, 0.5) is 0 Å². The topological polar surface area (TPSA) is 47.8 Å². The van der Waals surface area contributed by atoms with Gasteiger partial charge in [0.05, 0.1) is 17.6 Å². The molecule has 0 radical (unpaired) electrons. The molecule has 0 N–H and O–H groups in total. The highest BCUT2D eigenvalue weighted by molar-refractivity contribution is 7.03. The maximum absolute atomic E-state index is 11.8. The first-order valence-electron chi connectivity index (χ1n) is 5.50. The van der Waals surface area contributed by atoms with Crippen molar-refractivity contribution in [3.63, 3.8) is 0 Å². The molecule has 0 unspecified atom stereocenters. The first-order chi connectivity index (χ1) is 9.24. The molecule has 0 saturated heterocycles. The summed E-state index contributed by atoms with van der Waals surface area (Å²) in [5, 5.41) is 6.79. The van der Waals surface area contributed by atoms with Gasteiger partial charge in [-0.2, -0.15) is 14.2 Å². The smallest absolute Gasteiger partial charge is 0.267 e. The summed E-state index contributed by atoms with van der Waals surface area (Å²) in [6.45, 7) is 0. The maximum Gasteiger partial charge on any atom is 0.271 e. The number of benzene rings is 1. The predicted octanol–water partition coefficient (Wildman–Crippen LogP) is 3.01. The van der Waals surface area contributed by atoms with Crippen molar-refractivity contribution in [3.05, 3.63) is 63.4 Å². The molecule has 1 aromatic carbocycles. The number of rotatable bonds is 2. The molecule has 0 aliphatic rings. The van der Waals surface area contributed by atoms with Gasteiger partial charge >= 0.3 is 0 Å². The van der Waals surface area contributed by atoms with E-state index >= 15 is 0 Å². The molecule has 4 nitrogen and oxygen atoms in total. The van der Waals surface area contributed by atoms with E-state index in [1.54, 1.807) is 29.8 Å². The summed E-state index contributed by atoms with van der Waals surface area (Å²) in [6, 6.07) is 10.5. The second kappa shape index (κ2) is 4.95. The monoisotopic (exact) mass is 289 g/mol. The third kappa shape index (κ3) is 2.43. The van der Waals surface area contributed by atoms with Crippen LogP contribution >= 0.6 is 23.1 Å². The normalized spacial score (nSPS) is 10.6. The van der Waals surface area contributed by atoms with Crippen LogP contribution in [0.2, 0.25) is 5.02 Å². The van der Waals surface area contributed by atoms with Crippen molar-refractivity contribution < 1.29 is 0 Å². The minimum Gasteiger partial charge on any atom is -0.267 e. The molecule has 0 amide bonds. The molecule has 0 aliphatic heterocycles. The summed E-state index contributed by atoms with van der Waals surface area (Å²) in [7, 11) is 0. The van der Waals surface area contributed by atoms with Gasteiger partial charge in [-0.3, -0.25) is 4.79 Å². The fraction of sp³-hybridized carbons (Fsp3) is 0. The summed E-state index contributed by atoms with van der Waals surface area (Å²) >= 11 is 7.13. The highest BCUT2D eigenvalue weighted by Gasteiger charge is 2.06. The molecule has 6 heteroatoms. The van der Waals surface area contributed by atoms with Gasteiger partial charge < -0.3 is 0 Å². The molecule has 3 rings (SSSR count). The highest BCUT2D eigenvalue weighted by atomic mass is 35.5. The summed E-state index contributed by atoms with van der Waals surface area (Å²) < 4.78 is 5.32. The maximum atomic E-state index is 11.8. The van der Waals surface area contributed by atoms with Crippen LogP contribution in [0.25, 0.3) is 16.9 Å². The Balaban J connectivity index is 2.12. The van der Waals surface area contributed by atoms with E-state index in [-0.39, 0.29) is 5.56 Å². The standard InChI is InChI=1S/C13H8ClN3OS/c14-10-3-1-9(2-4-10)12-5-6-13(18)17(16-12)11-7-15-19-8-11/h1-8H. The first-order valence-corrected chi connectivity index (χ1v) is 6.71. The van der Waals surface area contributed by atoms with Crippen molar-refractivity contribution in [3.8, 4) is 16.9 Å². The molecular formula is C13H8ClN3OS. The summed E-state index contributed by atoms with van der Waals surface area (Å²) in [5.74, 6) is 0. The van der Waals surface area contributed by atoms with E-state index in [9.17, 15) is 4.79 Å². The van der Waals surface area contributed by atoms with Gasteiger partial charge in [-0.1, -0.05) is 23.7 Å². The second-order valence-electron chi connectivity index (χ2n) is 3.86. The molecule has 0 saturated carbocycles. The molecule has 3 aromatic rings. The molecule has 19 heavy (non-hydrogen) atoms. The van der Waals surface area contributed by atoms with Gasteiger partial charge in [0.1, 0.15) is 0 Å². The third-order valence-electron chi connectivity index (χ3n) is 2.60. The van der Waals surface area contributed by atoms with Gasteiger partial charge in [-0.25, -0.2) is 0 Å². The number of halogens is 1. The van der Waals surface area contributed by atoms with E-state index in [1.165, 1.54) is 22.3 Å². The Labute approximate surface area is 118 Å². The minimum atomic E-state index is -0.182. The lowest BCUT2D eigenvalue weighted by Crippen LogP contribution is -2.19. The third-order valence-corrected chi connectivity index (χ3v) is 3.43. The van der Waals surface area contributed by atoms with E-state index in [0.717, 1.165) is 5.56 Å². The van der Waals surface area contributed by atoms with Crippen molar-refractivity contribution >= 4 is 23.1 Å². The molecule has 0 atom stereocenters. The van der Waals surface area contributed by atoms with Crippen molar-refractivity contribution in [2.24, 2.45) is 0 Å². The second-order valence-corrected chi connectivity index (χ2v) is 4.95. The van der Waals surface area contributed by atoms with Gasteiger partial charge in [0.2, 0.25) is 0 Å². The van der Waals surface area contributed by atoms with Crippen LogP contribution in [-0.4, -0.2) is 14.2 Å². The zero-order valence-electron chi connectivity index (χ0n) is 9.65. The molecule has 2 aromatic heterocycles. The fourth-order valence-electron chi connectivity index (χ4n) is 1.67. The Hall–Kier alpha value is -1.98. The quantitative estimate of drug-likeness (QED) is 0.728. The van der Waals surface area contributed by atoms with E-state index in [2.05, 4.69) is 9.47 Å². The van der Waals surface area contributed by atoms with Crippen LogP contribution in [0, 0.1) is 0 Å². The van der Waals surface area contributed by atoms with Crippen LogP contribution in [0.1, 0.15) is 0 Å². The molecule has 94 valence electrons. The van der Waals surface area contributed by atoms with Crippen LogP contribution in [-0.2, 0) is 0 Å². The lowest BCUT2D eigenvalue weighted by atomic mass is 10.1. The van der Waals surface area contributed by atoms with Crippen molar-refractivity contribution in [2.75, 3.05) is 0 Å². The predicted molar refractivity (Wildman–Crippen MR) is 76.0 cm³/mol. The Bertz CT molecular complexity index is 750. The fourth-order valence-corrected chi connectivity index (χ4v) is 2.30. The highest BCUT2D eigenvalue weighted by Crippen LogP contribution is 2.19. The number of hydrogen-bond acceptors (Lipinski definition) is 4. The van der Waals surface area contributed by atoms with Gasteiger partial charge in [0.25, 0.3) is 5.56 Å². The van der Waals surface area contributed by atoms with Crippen LogP contribution in [0.3, 0.4) is 0 Å². The largest absolute Gasteiger partial charge is 0.271 e.